The van der Waals surface area contributed by atoms with E-state index in [-0.39, 0.29) is 11.8 Å². The monoisotopic (exact) mass is 388 g/mol. The molecule has 1 amide bonds. The van der Waals surface area contributed by atoms with Gasteiger partial charge in [0.25, 0.3) is 5.91 Å². The van der Waals surface area contributed by atoms with Crippen molar-refractivity contribution in [2.45, 2.75) is 37.5 Å². The van der Waals surface area contributed by atoms with Crippen molar-refractivity contribution in [3.05, 3.63) is 65.9 Å². The van der Waals surface area contributed by atoms with E-state index in [9.17, 15) is 4.79 Å². The minimum absolute atomic E-state index is 0.120. The van der Waals surface area contributed by atoms with E-state index in [2.05, 4.69) is 25.4 Å². The molecule has 1 saturated carbocycles. The fourth-order valence-corrected chi connectivity index (χ4v) is 3.99. The predicted octanol–water partition coefficient (Wildman–Crippen LogP) is 3.71. The second-order valence-electron chi connectivity index (χ2n) is 7.85. The van der Waals surface area contributed by atoms with Gasteiger partial charge in [0.2, 0.25) is 0 Å². The number of benzene rings is 1. The molecule has 0 radical (unpaired) electrons. The highest BCUT2D eigenvalue weighted by atomic mass is 16.1. The first-order chi connectivity index (χ1) is 14.3. The fraction of sp³-hybridized carbons (Fsp3) is 0.364. The summed E-state index contributed by atoms with van der Waals surface area (Å²) < 4.78 is 0. The average molecular weight is 388 g/mol. The first-order valence-electron chi connectivity index (χ1n) is 10.3. The average Bonchev–Trinajstić information content (AvgIpc) is 3.54. The predicted molar refractivity (Wildman–Crippen MR) is 111 cm³/mol. The zero-order valence-corrected chi connectivity index (χ0v) is 16.2. The van der Waals surface area contributed by atoms with E-state index in [1.165, 1.54) is 12.8 Å². The highest BCUT2D eigenvalue weighted by Crippen LogP contribution is 2.39. The molecular weight excluding hydrogens is 364 g/mol. The number of amides is 1. The maximum absolute atomic E-state index is 12.6. The summed E-state index contributed by atoms with van der Waals surface area (Å²) in [6.45, 7) is 1.83. The van der Waals surface area contributed by atoms with Gasteiger partial charge in [-0.3, -0.25) is 9.89 Å². The number of nitrogens with one attached hydrogen (secondary N) is 2. The Balaban J connectivity index is 1.32. The largest absolute Gasteiger partial charge is 0.356 e. The summed E-state index contributed by atoms with van der Waals surface area (Å²) in [5, 5.41) is 10.3. The maximum Gasteiger partial charge on any atom is 0.255 e. The van der Waals surface area contributed by atoms with E-state index in [0.29, 0.717) is 11.5 Å². The van der Waals surface area contributed by atoms with Gasteiger partial charge in [0, 0.05) is 36.7 Å². The number of hydrogen-bond acceptors (Lipinski definition) is 5. The van der Waals surface area contributed by atoms with Gasteiger partial charge in [0.15, 0.2) is 0 Å². The SMILES string of the molecule is O=C(Nc1cn[nH]c1[C@H]1CCCN(c2ccnc(C3CC3)n2)C1)c1ccccc1. The third-order valence-electron chi connectivity index (χ3n) is 5.71. The van der Waals surface area contributed by atoms with Crippen LogP contribution in [0.5, 0.6) is 0 Å². The molecule has 0 bridgehead atoms. The maximum atomic E-state index is 12.6. The van der Waals surface area contributed by atoms with E-state index in [1.807, 2.05) is 42.6 Å². The van der Waals surface area contributed by atoms with Crippen LogP contribution in [0.1, 0.15) is 59.4 Å². The van der Waals surface area contributed by atoms with Gasteiger partial charge in [-0.1, -0.05) is 18.2 Å². The van der Waals surface area contributed by atoms with Crippen LogP contribution in [0.2, 0.25) is 0 Å². The van der Waals surface area contributed by atoms with E-state index in [0.717, 1.165) is 49.0 Å². The van der Waals surface area contributed by atoms with Gasteiger partial charge in [-0.25, -0.2) is 9.97 Å². The first kappa shape index (κ1) is 17.8. The molecule has 0 spiro atoms. The zero-order chi connectivity index (χ0) is 19.6. The van der Waals surface area contributed by atoms with Crippen LogP contribution >= 0.6 is 0 Å². The number of aromatic amines is 1. The number of rotatable bonds is 5. The van der Waals surface area contributed by atoms with Crippen molar-refractivity contribution in [3.63, 3.8) is 0 Å². The normalized spacial score (nSPS) is 19.2. The van der Waals surface area contributed by atoms with Gasteiger partial charge in [0.05, 0.1) is 17.6 Å². The molecule has 1 aliphatic carbocycles. The molecule has 2 aromatic heterocycles. The molecule has 0 unspecified atom stereocenters. The van der Waals surface area contributed by atoms with Crippen LogP contribution < -0.4 is 10.2 Å². The molecule has 7 heteroatoms. The molecule has 2 aliphatic rings. The van der Waals surface area contributed by atoms with Crippen molar-refractivity contribution < 1.29 is 4.79 Å². The Morgan fingerprint density at radius 3 is 2.79 bits per heavy atom. The number of nitrogens with zero attached hydrogens (tertiary/aromatic N) is 4. The Morgan fingerprint density at radius 1 is 1.10 bits per heavy atom. The standard InChI is InChI=1S/C22H24N6O/c29-22(16-5-2-1-3-6-16)25-18-13-24-27-20(18)17-7-4-12-28(14-17)19-10-11-23-21(26-19)15-8-9-15/h1-3,5-6,10-11,13,15,17H,4,7-9,12,14H2,(H,24,27)(H,25,29)/t17-/m0/s1. The first-order valence-corrected chi connectivity index (χ1v) is 10.3. The molecule has 3 heterocycles. The Hall–Kier alpha value is -3.22. The Labute approximate surface area is 169 Å². The van der Waals surface area contributed by atoms with Crippen molar-refractivity contribution in [1.82, 2.24) is 20.2 Å². The molecule has 29 heavy (non-hydrogen) atoms. The number of hydrogen-bond donors (Lipinski definition) is 2. The lowest BCUT2D eigenvalue weighted by atomic mass is 9.94. The third kappa shape index (κ3) is 3.85. The van der Waals surface area contributed by atoms with Crippen LogP contribution in [-0.4, -0.2) is 39.2 Å². The van der Waals surface area contributed by atoms with E-state index in [4.69, 9.17) is 4.98 Å². The number of anilines is 2. The molecule has 1 aliphatic heterocycles. The van der Waals surface area contributed by atoms with Gasteiger partial charge < -0.3 is 10.2 Å². The molecule has 1 saturated heterocycles. The summed E-state index contributed by atoms with van der Waals surface area (Å²) >= 11 is 0. The zero-order valence-electron chi connectivity index (χ0n) is 16.2. The Bertz CT molecular complexity index is 997. The van der Waals surface area contributed by atoms with Crippen LogP contribution in [0.3, 0.4) is 0 Å². The van der Waals surface area contributed by atoms with Crippen LogP contribution in [0.15, 0.2) is 48.8 Å². The van der Waals surface area contributed by atoms with E-state index in [1.54, 1.807) is 6.20 Å². The lowest BCUT2D eigenvalue weighted by Gasteiger charge is -2.33. The minimum atomic E-state index is -0.120. The third-order valence-corrected chi connectivity index (χ3v) is 5.71. The minimum Gasteiger partial charge on any atom is -0.356 e. The number of H-pyrrole nitrogens is 1. The fourth-order valence-electron chi connectivity index (χ4n) is 3.99. The number of aromatic nitrogens is 4. The summed E-state index contributed by atoms with van der Waals surface area (Å²) in [5.41, 5.74) is 2.38. The number of piperidine rings is 1. The lowest BCUT2D eigenvalue weighted by molar-refractivity contribution is 0.102. The van der Waals surface area contributed by atoms with Crippen LogP contribution in [0, 0.1) is 0 Å². The molecule has 2 N–H and O–H groups in total. The lowest BCUT2D eigenvalue weighted by Crippen LogP contribution is -2.35. The van der Waals surface area contributed by atoms with Gasteiger partial charge in [0.1, 0.15) is 11.6 Å². The molecule has 1 atom stereocenters. The highest BCUT2D eigenvalue weighted by molar-refractivity contribution is 6.04. The Kier molecular flexibility index (Phi) is 4.71. The van der Waals surface area contributed by atoms with Crippen LogP contribution in [-0.2, 0) is 0 Å². The van der Waals surface area contributed by atoms with Crippen molar-refractivity contribution in [2.24, 2.45) is 0 Å². The summed E-state index contributed by atoms with van der Waals surface area (Å²) in [5.74, 6) is 2.66. The van der Waals surface area contributed by atoms with Crippen LogP contribution in [0.4, 0.5) is 11.5 Å². The molecule has 148 valence electrons. The Morgan fingerprint density at radius 2 is 1.97 bits per heavy atom. The van der Waals surface area contributed by atoms with Gasteiger partial charge >= 0.3 is 0 Å². The summed E-state index contributed by atoms with van der Waals surface area (Å²) in [6.07, 6.45) is 8.09. The number of carbonyl (C=O) groups excluding carboxylic acids is 1. The van der Waals surface area contributed by atoms with Crippen LogP contribution in [0.25, 0.3) is 0 Å². The molecule has 5 rings (SSSR count). The number of carbonyl (C=O) groups is 1. The van der Waals surface area contributed by atoms with E-state index >= 15 is 0 Å². The summed E-state index contributed by atoms with van der Waals surface area (Å²) in [7, 11) is 0. The molecular formula is C22H24N6O. The smallest absolute Gasteiger partial charge is 0.255 e. The molecule has 2 fully saturated rings. The van der Waals surface area contributed by atoms with Crippen molar-refractivity contribution in [1.29, 1.82) is 0 Å². The van der Waals surface area contributed by atoms with E-state index < -0.39 is 0 Å². The second-order valence-corrected chi connectivity index (χ2v) is 7.85. The highest BCUT2D eigenvalue weighted by Gasteiger charge is 2.29. The van der Waals surface area contributed by atoms with Gasteiger partial charge in [-0.05, 0) is 43.9 Å². The van der Waals surface area contributed by atoms with Crippen molar-refractivity contribution in [2.75, 3.05) is 23.3 Å². The molecule has 3 aromatic rings. The quantitative estimate of drug-likeness (QED) is 0.696. The molecule has 7 nitrogen and oxygen atoms in total. The molecule has 1 aromatic carbocycles. The second kappa shape index (κ2) is 7.66. The van der Waals surface area contributed by atoms with Crippen molar-refractivity contribution >= 4 is 17.4 Å². The van der Waals surface area contributed by atoms with Gasteiger partial charge in [-0.2, -0.15) is 5.10 Å². The summed E-state index contributed by atoms with van der Waals surface area (Å²) in [6, 6.07) is 11.2. The van der Waals surface area contributed by atoms with Gasteiger partial charge in [-0.15, -0.1) is 0 Å². The van der Waals surface area contributed by atoms with Crippen molar-refractivity contribution in [3.8, 4) is 0 Å². The topological polar surface area (TPSA) is 86.8 Å². The summed E-state index contributed by atoms with van der Waals surface area (Å²) in [4.78, 5) is 24.1.